The molecule has 0 saturated heterocycles. The number of aromatic nitrogens is 1. The number of carbonyl (C=O) groups excluding carboxylic acids is 3. The zero-order valence-electron chi connectivity index (χ0n) is 30.4. The van der Waals surface area contributed by atoms with Crippen LogP contribution in [0.2, 0.25) is 0 Å². The van der Waals surface area contributed by atoms with Gasteiger partial charge in [-0.25, -0.2) is 0 Å². The Morgan fingerprint density at radius 3 is 1.98 bits per heavy atom. The third kappa shape index (κ3) is 24.2. The third-order valence-electron chi connectivity index (χ3n) is 7.76. The molecule has 1 heterocycles. The van der Waals surface area contributed by atoms with Crippen LogP contribution in [0.4, 0.5) is 0 Å². The van der Waals surface area contributed by atoms with Crippen molar-refractivity contribution < 1.29 is 24.6 Å². The summed E-state index contributed by atoms with van der Waals surface area (Å²) in [5, 5.41) is 21.7. The van der Waals surface area contributed by atoms with Crippen LogP contribution in [0.5, 0.6) is 0 Å². The van der Waals surface area contributed by atoms with E-state index in [1.807, 2.05) is 19.9 Å². The van der Waals surface area contributed by atoms with Gasteiger partial charge in [-0.1, -0.05) is 101 Å². The Morgan fingerprint density at radius 2 is 1.44 bits per heavy atom. The predicted molar refractivity (Wildman–Crippen MR) is 213 cm³/mol. The van der Waals surface area contributed by atoms with Crippen LogP contribution in [0.3, 0.4) is 0 Å². The summed E-state index contributed by atoms with van der Waals surface area (Å²) < 4.78 is -0.409. The molecule has 7 nitrogen and oxygen atoms in total. The normalized spacial score (nSPS) is 13.9. The molecular formula is C41H60N2O5S2. The average Bonchev–Trinajstić information content (AvgIpc) is 3.11. The first kappa shape index (κ1) is 45.0. The Balaban J connectivity index is 2.30. The number of aliphatic hydroxyl groups excluding tert-OH is 2. The van der Waals surface area contributed by atoms with Gasteiger partial charge in [0.15, 0.2) is 5.78 Å². The zero-order valence-corrected chi connectivity index (χ0v) is 32.0. The van der Waals surface area contributed by atoms with Crippen LogP contribution in [-0.2, 0) is 9.59 Å². The summed E-state index contributed by atoms with van der Waals surface area (Å²) in [7, 11) is 3.23. The first-order valence-corrected chi connectivity index (χ1v) is 20.2. The number of allylic oxidation sites excluding steroid dienone is 12. The molecular weight excluding hydrogens is 665 g/mol. The molecule has 3 N–H and O–H groups in total. The highest BCUT2D eigenvalue weighted by Crippen LogP contribution is 2.44. The zero-order chi connectivity index (χ0) is 36.7. The van der Waals surface area contributed by atoms with Crippen LogP contribution >= 0.6 is 21.6 Å². The molecule has 9 heteroatoms. The largest absolute Gasteiger partial charge is 0.394 e. The number of hydrogen-bond donors (Lipinski definition) is 3. The SMILES string of the molecule is CC/C=C\C/C=C\C/C=C\C/C=C\C/C=C\C/C=C\CCC(=O)NCCSSC(C)(C)[C@@H](CC(=O)CC[C@@H](O)CO)CC(=O)c1cccnc1. The minimum absolute atomic E-state index is 0.0185. The second-order valence-corrected chi connectivity index (χ2v) is 15.6. The Morgan fingerprint density at radius 1 is 0.860 bits per heavy atom. The molecule has 0 saturated carbocycles. The van der Waals surface area contributed by atoms with E-state index >= 15 is 0 Å². The van der Waals surface area contributed by atoms with E-state index in [0.29, 0.717) is 30.7 Å². The van der Waals surface area contributed by atoms with Gasteiger partial charge in [-0.05, 0) is 83.3 Å². The molecule has 50 heavy (non-hydrogen) atoms. The van der Waals surface area contributed by atoms with Gasteiger partial charge in [-0.3, -0.25) is 19.4 Å². The van der Waals surface area contributed by atoms with E-state index in [1.54, 1.807) is 46.1 Å². The number of pyridine rings is 1. The van der Waals surface area contributed by atoms with E-state index in [2.05, 4.69) is 84.1 Å². The lowest BCUT2D eigenvalue weighted by molar-refractivity contribution is -0.121. The summed E-state index contributed by atoms with van der Waals surface area (Å²) in [5.41, 5.74) is 0.515. The summed E-state index contributed by atoms with van der Waals surface area (Å²) in [6, 6.07) is 3.45. The van der Waals surface area contributed by atoms with Crippen LogP contribution < -0.4 is 5.32 Å². The number of hydrogen-bond acceptors (Lipinski definition) is 8. The Hall–Kier alpha value is -2.98. The van der Waals surface area contributed by atoms with E-state index < -0.39 is 10.9 Å². The fourth-order valence-corrected chi connectivity index (χ4v) is 7.36. The number of ketones is 2. The highest BCUT2D eigenvalue weighted by Gasteiger charge is 2.34. The molecule has 0 fully saturated rings. The smallest absolute Gasteiger partial charge is 0.220 e. The van der Waals surface area contributed by atoms with Gasteiger partial charge < -0.3 is 15.5 Å². The van der Waals surface area contributed by atoms with Gasteiger partial charge in [0, 0.05) is 60.7 Å². The fraction of sp³-hybridized carbons (Fsp3) is 0.512. The molecule has 276 valence electrons. The summed E-state index contributed by atoms with van der Waals surface area (Å²) in [4.78, 5) is 42.1. The van der Waals surface area contributed by atoms with E-state index in [0.717, 1.165) is 38.5 Å². The lowest BCUT2D eigenvalue weighted by Crippen LogP contribution is -2.32. The van der Waals surface area contributed by atoms with Crippen LogP contribution in [0.1, 0.15) is 108 Å². The van der Waals surface area contributed by atoms with Crippen molar-refractivity contribution in [2.24, 2.45) is 5.92 Å². The highest BCUT2D eigenvalue weighted by molar-refractivity contribution is 8.77. The van der Waals surface area contributed by atoms with Gasteiger partial charge in [-0.15, -0.1) is 0 Å². The van der Waals surface area contributed by atoms with Gasteiger partial charge >= 0.3 is 0 Å². The van der Waals surface area contributed by atoms with Crippen LogP contribution in [0.15, 0.2) is 97.4 Å². The quantitative estimate of drug-likeness (QED) is 0.0324. The van der Waals surface area contributed by atoms with Gasteiger partial charge in [0.05, 0.1) is 12.7 Å². The summed E-state index contributed by atoms with van der Waals surface area (Å²) in [5.74, 6) is 0.371. The average molecular weight is 725 g/mol. The van der Waals surface area contributed by atoms with Crippen molar-refractivity contribution in [1.82, 2.24) is 10.3 Å². The number of rotatable bonds is 29. The number of nitrogens with one attached hydrogen (secondary N) is 1. The minimum Gasteiger partial charge on any atom is -0.394 e. The van der Waals surface area contributed by atoms with Crippen molar-refractivity contribution in [1.29, 1.82) is 0 Å². The van der Waals surface area contributed by atoms with E-state index in [-0.39, 0.29) is 55.7 Å². The standard InChI is InChI=1S/C41H60N2O5S2/c1-4-5-6-7-8-9-10-11-12-13-14-15-16-17-18-19-20-21-22-25-40(48)43-29-30-49-50-41(2,3)36(31-37(45)26-27-38(46)34-44)32-39(47)35-24-23-28-42-33-35/h5-6,8-9,11-12,14-15,17-18,20-21,23-24,28,33,36,38,44,46H,4,7,10,13,16,19,22,25-27,29-32,34H2,1-3H3,(H,43,48)/b6-5-,9-8-,12-11-,15-14-,18-17-,21-20-/t36-,38+/m0/s1. The van der Waals surface area contributed by atoms with Gasteiger partial charge in [0.25, 0.3) is 0 Å². The highest BCUT2D eigenvalue weighted by atomic mass is 33.1. The van der Waals surface area contributed by atoms with Gasteiger partial charge in [0.2, 0.25) is 5.91 Å². The topological polar surface area (TPSA) is 117 Å². The van der Waals surface area contributed by atoms with Crippen molar-refractivity contribution in [2.75, 3.05) is 18.9 Å². The molecule has 1 aromatic heterocycles. The van der Waals surface area contributed by atoms with Crippen LogP contribution in [-0.4, -0.2) is 62.4 Å². The maximum atomic E-state index is 13.0. The molecule has 0 spiro atoms. The molecule has 1 aromatic rings. The van der Waals surface area contributed by atoms with Crippen molar-refractivity contribution >= 4 is 39.1 Å². The minimum atomic E-state index is -0.923. The molecule has 0 aliphatic heterocycles. The molecule has 2 atom stereocenters. The number of Topliss-reactive ketones (excluding diaryl/α,β-unsaturated/α-hetero) is 2. The Kier molecular flexibility index (Phi) is 26.8. The van der Waals surface area contributed by atoms with Crippen molar-refractivity contribution in [2.45, 2.75) is 109 Å². The lowest BCUT2D eigenvalue weighted by atomic mass is 9.83. The second kappa shape index (κ2) is 29.7. The number of amides is 1. The van der Waals surface area contributed by atoms with Crippen LogP contribution in [0, 0.1) is 5.92 Å². The maximum Gasteiger partial charge on any atom is 0.220 e. The predicted octanol–water partition coefficient (Wildman–Crippen LogP) is 9.12. The van der Waals surface area contributed by atoms with Crippen molar-refractivity contribution in [3.05, 3.63) is 103 Å². The molecule has 0 aromatic carbocycles. The van der Waals surface area contributed by atoms with Gasteiger partial charge in [-0.2, -0.15) is 0 Å². The fourth-order valence-electron chi connectivity index (χ4n) is 4.66. The van der Waals surface area contributed by atoms with E-state index in [1.165, 1.54) is 0 Å². The first-order valence-electron chi connectivity index (χ1n) is 17.9. The summed E-state index contributed by atoms with van der Waals surface area (Å²) in [6.07, 6.45) is 35.9. The summed E-state index contributed by atoms with van der Waals surface area (Å²) >= 11 is 0. The molecule has 0 aliphatic rings. The Labute approximate surface area is 309 Å². The summed E-state index contributed by atoms with van der Waals surface area (Å²) in [6.45, 7) is 6.37. The lowest BCUT2D eigenvalue weighted by Gasteiger charge is -2.33. The number of nitrogens with zero attached hydrogens (tertiary/aromatic N) is 1. The van der Waals surface area contributed by atoms with Crippen LogP contribution in [0.25, 0.3) is 0 Å². The monoisotopic (exact) mass is 724 g/mol. The number of aliphatic hydroxyl groups is 2. The first-order chi connectivity index (χ1) is 24.2. The molecule has 0 radical (unpaired) electrons. The second-order valence-electron chi connectivity index (χ2n) is 12.5. The maximum absolute atomic E-state index is 13.0. The van der Waals surface area contributed by atoms with Crippen molar-refractivity contribution in [3.8, 4) is 0 Å². The van der Waals surface area contributed by atoms with E-state index in [4.69, 9.17) is 5.11 Å². The molecule has 1 amide bonds. The molecule has 0 aliphatic carbocycles. The van der Waals surface area contributed by atoms with Gasteiger partial charge in [0.1, 0.15) is 5.78 Å². The Bertz CT molecular complexity index is 1250. The van der Waals surface area contributed by atoms with E-state index in [9.17, 15) is 19.5 Å². The van der Waals surface area contributed by atoms with Crippen molar-refractivity contribution in [3.63, 3.8) is 0 Å². The molecule has 0 unspecified atom stereocenters. The molecule has 0 bridgehead atoms. The number of carbonyl (C=O) groups is 3. The molecule has 1 rings (SSSR count). The third-order valence-corrected chi connectivity index (χ3v) is 11.1.